The molecule has 0 aliphatic rings. The fourth-order valence-corrected chi connectivity index (χ4v) is 4.89. The average Bonchev–Trinajstić information content (AvgIpc) is 3.03. The molecule has 3 rings (SSSR count). The summed E-state index contributed by atoms with van der Waals surface area (Å²) in [6, 6.07) is 28.1. The van der Waals surface area contributed by atoms with Crippen LogP contribution in [-0.2, 0) is 32.0 Å². The van der Waals surface area contributed by atoms with Gasteiger partial charge in [0.15, 0.2) is 0 Å². The second-order valence-corrected chi connectivity index (χ2v) is 10.6. The molecule has 0 unspecified atom stereocenters. The first-order chi connectivity index (χ1) is 20.9. The van der Waals surface area contributed by atoms with Crippen molar-refractivity contribution in [3.05, 3.63) is 133 Å². The third kappa shape index (κ3) is 11.4. The molecule has 3 aromatic carbocycles. The quantitative estimate of drug-likeness (QED) is 0.143. The Labute approximate surface area is 254 Å². The standard InChI is InChI=1S/C36H42N2O5/c1-3-14-30(24-34(40)38-32(26-39)23-28-18-10-6-11-19-28)35(41)37-25-33(29-20-12-7-13-21-29)43-36(42)31(15-4-2)22-27-16-8-5-9-17-27/h3-13,16-21,30-33,39H,1-2,14-15,22-26H2,(H,37,41)(H,38,40)/t30-,31+,32+,33-/m0/s1. The van der Waals surface area contributed by atoms with Gasteiger partial charge in [0, 0.05) is 6.42 Å². The Hall–Kier alpha value is -4.49. The Kier molecular flexibility index (Phi) is 13.9. The lowest BCUT2D eigenvalue weighted by molar-refractivity contribution is -0.154. The summed E-state index contributed by atoms with van der Waals surface area (Å²) in [6.07, 6.45) is 4.25. The number of aliphatic hydroxyl groups is 1. The van der Waals surface area contributed by atoms with Crippen LogP contribution in [0.2, 0.25) is 0 Å². The highest BCUT2D eigenvalue weighted by atomic mass is 16.5. The monoisotopic (exact) mass is 582 g/mol. The zero-order valence-electron chi connectivity index (χ0n) is 24.6. The molecule has 0 saturated heterocycles. The average molecular weight is 583 g/mol. The van der Waals surface area contributed by atoms with E-state index in [9.17, 15) is 19.5 Å². The molecule has 0 heterocycles. The van der Waals surface area contributed by atoms with Crippen LogP contribution < -0.4 is 10.6 Å². The largest absolute Gasteiger partial charge is 0.455 e. The zero-order valence-corrected chi connectivity index (χ0v) is 24.6. The van der Waals surface area contributed by atoms with Crippen LogP contribution in [0.1, 0.15) is 42.1 Å². The van der Waals surface area contributed by atoms with Crippen molar-refractivity contribution in [3.63, 3.8) is 0 Å². The molecule has 226 valence electrons. The van der Waals surface area contributed by atoms with E-state index in [0.717, 1.165) is 16.7 Å². The van der Waals surface area contributed by atoms with E-state index in [1.54, 1.807) is 12.2 Å². The van der Waals surface area contributed by atoms with Gasteiger partial charge in [-0.1, -0.05) is 103 Å². The van der Waals surface area contributed by atoms with E-state index in [2.05, 4.69) is 23.8 Å². The topological polar surface area (TPSA) is 105 Å². The summed E-state index contributed by atoms with van der Waals surface area (Å²) in [4.78, 5) is 39.5. The summed E-state index contributed by atoms with van der Waals surface area (Å²) >= 11 is 0. The van der Waals surface area contributed by atoms with Crippen molar-refractivity contribution < 1.29 is 24.2 Å². The van der Waals surface area contributed by atoms with Gasteiger partial charge >= 0.3 is 5.97 Å². The molecule has 0 bridgehead atoms. The van der Waals surface area contributed by atoms with Crippen molar-refractivity contribution in [1.29, 1.82) is 0 Å². The van der Waals surface area contributed by atoms with E-state index in [1.165, 1.54) is 0 Å². The van der Waals surface area contributed by atoms with E-state index in [-0.39, 0.29) is 43.8 Å². The maximum atomic E-state index is 13.3. The van der Waals surface area contributed by atoms with Crippen LogP contribution in [0.5, 0.6) is 0 Å². The Bertz CT molecular complexity index is 1300. The fourth-order valence-electron chi connectivity index (χ4n) is 4.89. The Morgan fingerprint density at radius 3 is 1.86 bits per heavy atom. The smallest absolute Gasteiger partial charge is 0.310 e. The highest BCUT2D eigenvalue weighted by molar-refractivity contribution is 5.86. The highest BCUT2D eigenvalue weighted by Gasteiger charge is 2.27. The lowest BCUT2D eigenvalue weighted by atomic mass is 9.96. The van der Waals surface area contributed by atoms with Crippen molar-refractivity contribution in [2.75, 3.05) is 13.2 Å². The van der Waals surface area contributed by atoms with Crippen LogP contribution in [-0.4, -0.2) is 42.1 Å². The van der Waals surface area contributed by atoms with Crippen molar-refractivity contribution in [2.45, 2.75) is 44.2 Å². The summed E-state index contributed by atoms with van der Waals surface area (Å²) in [6.45, 7) is 7.38. The van der Waals surface area contributed by atoms with Crippen LogP contribution >= 0.6 is 0 Å². The summed E-state index contributed by atoms with van der Waals surface area (Å²) in [7, 11) is 0. The third-order valence-electron chi connectivity index (χ3n) is 7.17. The highest BCUT2D eigenvalue weighted by Crippen LogP contribution is 2.22. The number of benzene rings is 3. The number of hydrogen-bond donors (Lipinski definition) is 3. The van der Waals surface area contributed by atoms with Gasteiger partial charge < -0.3 is 20.5 Å². The number of esters is 1. The first-order valence-corrected chi connectivity index (χ1v) is 14.7. The lowest BCUT2D eigenvalue weighted by Gasteiger charge is -2.24. The molecule has 0 aliphatic heterocycles. The van der Waals surface area contributed by atoms with Crippen molar-refractivity contribution >= 4 is 17.8 Å². The minimum absolute atomic E-state index is 0.0449. The molecule has 0 aromatic heterocycles. The molecule has 0 radical (unpaired) electrons. The first-order valence-electron chi connectivity index (χ1n) is 14.7. The second kappa shape index (κ2) is 18.1. The number of hydrogen-bond acceptors (Lipinski definition) is 5. The second-order valence-electron chi connectivity index (χ2n) is 10.6. The molecule has 0 fully saturated rings. The van der Waals surface area contributed by atoms with Gasteiger partial charge in [0.1, 0.15) is 6.10 Å². The van der Waals surface area contributed by atoms with E-state index in [0.29, 0.717) is 19.3 Å². The van der Waals surface area contributed by atoms with Gasteiger partial charge in [-0.2, -0.15) is 0 Å². The number of aliphatic hydroxyl groups excluding tert-OH is 1. The Morgan fingerprint density at radius 1 is 0.767 bits per heavy atom. The summed E-state index contributed by atoms with van der Waals surface area (Å²) in [5, 5.41) is 15.5. The van der Waals surface area contributed by atoms with Crippen LogP contribution in [0, 0.1) is 11.8 Å². The summed E-state index contributed by atoms with van der Waals surface area (Å²) in [5.74, 6) is -2.15. The summed E-state index contributed by atoms with van der Waals surface area (Å²) in [5.41, 5.74) is 2.76. The van der Waals surface area contributed by atoms with Crippen LogP contribution in [0.3, 0.4) is 0 Å². The van der Waals surface area contributed by atoms with Crippen LogP contribution in [0.15, 0.2) is 116 Å². The summed E-state index contributed by atoms with van der Waals surface area (Å²) < 4.78 is 5.99. The molecular formula is C36H42N2O5. The van der Waals surface area contributed by atoms with Gasteiger partial charge in [-0.05, 0) is 42.4 Å². The van der Waals surface area contributed by atoms with E-state index < -0.39 is 24.0 Å². The van der Waals surface area contributed by atoms with E-state index in [1.807, 2.05) is 91.0 Å². The number of amides is 2. The lowest BCUT2D eigenvalue weighted by Crippen LogP contribution is -2.42. The minimum atomic E-state index is -0.719. The number of carbonyl (C=O) groups excluding carboxylic acids is 3. The minimum Gasteiger partial charge on any atom is -0.455 e. The van der Waals surface area contributed by atoms with Gasteiger partial charge in [-0.15, -0.1) is 13.2 Å². The van der Waals surface area contributed by atoms with Gasteiger partial charge in [-0.3, -0.25) is 14.4 Å². The molecule has 4 atom stereocenters. The predicted octanol–water partition coefficient (Wildman–Crippen LogP) is 5.12. The number of allylic oxidation sites excluding steroid dienone is 2. The molecular weight excluding hydrogens is 540 g/mol. The molecule has 3 N–H and O–H groups in total. The number of carbonyl (C=O) groups is 3. The SMILES string of the molecule is C=CC[C@@H](CC(=O)N[C@@H](CO)Cc1ccccc1)C(=O)NC[C@H](OC(=O)[C@H](CC=C)Cc1ccccc1)c1ccccc1. The molecule has 0 spiro atoms. The zero-order chi connectivity index (χ0) is 30.9. The van der Waals surface area contributed by atoms with Crippen LogP contribution in [0.4, 0.5) is 0 Å². The van der Waals surface area contributed by atoms with Gasteiger partial charge in [-0.25, -0.2) is 0 Å². The van der Waals surface area contributed by atoms with Gasteiger partial charge in [0.25, 0.3) is 0 Å². The molecule has 3 aromatic rings. The maximum absolute atomic E-state index is 13.3. The number of ether oxygens (including phenoxy) is 1. The maximum Gasteiger partial charge on any atom is 0.310 e. The van der Waals surface area contributed by atoms with Crippen molar-refractivity contribution in [3.8, 4) is 0 Å². The Morgan fingerprint density at radius 2 is 1.30 bits per heavy atom. The Balaban J connectivity index is 1.64. The van der Waals surface area contributed by atoms with Gasteiger partial charge in [0.2, 0.25) is 11.8 Å². The molecule has 7 nitrogen and oxygen atoms in total. The number of rotatable bonds is 18. The van der Waals surface area contributed by atoms with Crippen LogP contribution in [0.25, 0.3) is 0 Å². The van der Waals surface area contributed by atoms with E-state index in [4.69, 9.17) is 4.74 Å². The van der Waals surface area contributed by atoms with Gasteiger partial charge in [0.05, 0.1) is 31.0 Å². The molecule has 0 aliphatic carbocycles. The first kappa shape index (κ1) is 33.0. The molecule has 43 heavy (non-hydrogen) atoms. The number of nitrogens with one attached hydrogen (secondary N) is 2. The molecule has 0 saturated carbocycles. The van der Waals surface area contributed by atoms with E-state index >= 15 is 0 Å². The van der Waals surface area contributed by atoms with Crippen molar-refractivity contribution in [2.24, 2.45) is 11.8 Å². The molecule has 7 heteroatoms. The predicted molar refractivity (Wildman–Crippen MR) is 169 cm³/mol. The fraction of sp³-hybridized carbons (Fsp3) is 0.306. The van der Waals surface area contributed by atoms with Crippen molar-refractivity contribution in [1.82, 2.24) is 10.6 Å². The molecule has 2 amide bonds. The third-order valence-corrected chi connectivity index (χ3v) is 7.17. The normalized spacial score (nSPS) is 13.5.